The van der Waals surface area contributed by atoms with E-state index in [0.29, 0.717) is 26.2 Å². The first-order valence-corrected chi connectivity index (χ1v) is 10.0. The Labute approximate surface area is 168 Å². The van der Waals surface area contributed by atoms with Crippen molar-refractivity contribution in [1.82, 2.24) is 10.2 Å². The van der Waals surface area contributed by atoms with Crippen molar-refractivity contribution in [3.63, 3.8) is 0 Å². The van der Waals surface area contributed by atoms with Gasteiger partial charge in [0.25, 0.3) is 11.8 Å². The summed E-state index contributed by atoms with van der Waals surface area (Å²) in [6, 6.07) is 7.97. The molecule has 1 unspecified atom stereocenters. The topological polar surface area (TPSA) is 67.5 Å². The molecule has 7 nitrogen and oxygen atoms in total. The molecule has 1 atom stereocenters. The van der Waals surface area contributed by atoms with Crippen LogP contribution in [0.1, 0.15) is 26.3 Å². The molecule has 1 aliphatic rings. The molecule has 3 N–H and O–H groups in total. The second-order valence-electron chi connectivity index (χ2n) is 8.77. The fourth-order valence-corrected chi connectivity index (χ4v) is 3.50. The minimum atomic E-state index is -0.204. The number of piperazine rings is 1. The zero-order chi connectivity index (χ0) is 20.7. The van der Waals surface area contributed by atoms with Crippen LogP contribution in [0.25, 0.3) is 0 Å². The monoisotopic (exact) mass is 392 g/mol. The zero-order valence-corrected chi connectivity index (χ0v) is 17.9. The van der Waals surface area contributed by atoms with Crippen LogP contribution in [-0.2, 0) is 16.1 Å². The maximum atomic E-state index is 12.6. The Morgan fingerprint density at radius 2 is 1.93 bits per heavy atom. The number of carbonyl (C=O) groups is 2. The van der Waals surface area contributed by atoms with Crippen LogP contribution < -0.4 is 19.9 Å². The first kappa shape index (κ1) is 22.2. The lowest BCUT2D eigenvalue weighted by Gasteiger charge is -2.32. The van der Waals surface area contributed by atoms with E-state index in [1.54, 1.807) is 7.11 Å². The average Bonchev–Trinajstić information content (AvgIpc) is 2.60. The van der Waals surface area contributed by atoms with Crippen molar-refractivity contribution in [1.29, 1.82) is 0 Å². The third kappa shape index (κ3) is 7.48. The molecule has 0 spiro atoms. The van der Waals surface area contributed by atoms with Gasteiger partial charge in [-0.25, -0.2) is 0 Å². The summed E-state index contributed by atoms with van der Waals surface area (Å²) in [5, 5.41) is 3.01. The first-order valence-electron chi connectivity index (χ1n) is 10.0. The Kier molecular flexibility index (Phi) is 7.83. The van der Waals surface area contributed by atoms with E-state index in [9.17, 15) is 9.59 Å². The Hall–Kier alpha value is -2.12. The van der Waals surface area contributed by atoms with Gasteiger partial charge in [0.15, 0.2) is 13.1 Å². The molecule has 7 heteroatoms. The maximum absolute atomic E-state index is 12.6. The van der Waals surface area contributed by atoms with Crippen LogP contribution in [0.4, 0.5) is 0 Å². The third-order valence-electron chi connectivity index (χ3n) is 4.84. The van der Waals surface area contributed by atoms with E-state index in [4.69, 9.17) is 4.74 Å². The second-order valence-corrected chi connectivity index (χ2v) is 8.77. The number of nitrogens with zero attached hydrogens (tertiary/aromatic N) is 1. The number of ether oxygens (including phenoxy) is 1. The van der Waals surface area contributed by atoms with Gasteiger partial charge in [-0.2, -0.15) is 0 Å². The summed E-state index contributed by atoms with van der Waals surface area (Å²) in [6.45, 7) is 10.7. The molecule has 1 heterocycles. The number of quaternary nitrogens is 2. The van der Waals surface area contributed by atoms with Gasteiger partial charge in [0.1, 0.15) is 12.3 Å². The fourth-order valence-electron chi connectivity index (χ4n) is 3.50. The summed E-state index contributed by atoms with van der Waals surface area (Å²) in [5.74, 6) is 1.09. The summed E-state index contributed by atoms with van der Waals surface area (Å²) in [7, 11) is 3.70. The minimum absolute atomic E-state index is 0.0738. The van der Waals surface area contributed by atoms with Gasteiger partial charge in [0.2, 0.25) is 0 Å². The molecule has 1 fully saturated rings. The first-order chi connectivity index (χ1) is 13.2. The number of methoxy groups -OCH3 is 1. The van der Waals surface area contributed by atoms with Gasteiger partial charge < -0.3 is 24.8 Å². The SMILES string of the molecule is COc1cccc(C[NH+](C)CC(=O)N2CC[NH+](CC(=O)NC(C)(C)C)CC2)c1. The number of rotatable bonds is 7. The van der Waals surface area contributed by atoms with E-state index in [1.807, 2.05) is 50.9 Å². The molecular formula is C21H36N4O3+2. The highest BCUT2D eigenvalue weighted by Crippen LogP contribution is 2.11. The minimum Gasteiger partial charge on any atom is -0.497 e. The van der Waals surface area contributed by atoms with E-state index in [1.165, 1.54) is 4.90 Å². The van der Waals surface area contributed by atoms with Crippen molar-refractivity contribution in [3.05, 3.63) is 29.8 Å². The zero-order valence-electron chi connectivity index (χ0n) is 17.9. The number of likely N-dealkylation sites (N-methyl/N-ethyl adjacent to an activating group) is 1. The summed E-state index contributed by atoms with van der Waals surface area (Å²) in [5.41, 5.74) is 0.952. The molecular weight excluding hydrogens is 356 g/mol. The molecule has 2 rings (SSSR count). The standard InChI is InChI=1S/C21H34N4O3/c1-21(2,3)22-19(26)15-24-9-11-25(12-10-24)20(27)16-23(4)14-17-7-6-8-18(13-17)28-5/h6-8,13H,9-12,14-16H2,1-5H3,(H,22,26)/p+2. The van der Waals surface area contributed by atoms with E-state index in [-0.39, 0.29) is 17.4 Å². The van der Waals surface area contributed by atoms with Crippen LogP contribution in [-0.4, -0.2) is 75.7 Å². The van der Waals surface area contributed by atoms with Gasteiger partial charge in [0.05, 0.1) is 40.3 Å². The number of amides is 2. The number of carbonyl (C=O) groups excluding carboxylic acids is 2. The fraction of sp³-hybridized carbons (Fsp3) is 0.619. The Morgan fingerprint density at radius 1 is 1.25 bits per heavy atom. The van der Waals surface area contributed by atoms with Gasteiger partial charge >= 0.3 is 0 Å². The smallest absolute Gasteiger partial charge is 0.278 e. The van der Waals surface area contributed by atoms with Crippen molar-refractivity contribution < 1.29 is 24.1 Å². The van der Waals surface area contributed by atoms with Crippen LogP contribution in [0.2, 0.25) is 0 Å². The molecule has 0 aliphatic carbocycles. The van der Waals surface area contributed by atoms with Gasteiger partial charge in [-0.15, -0.1) is 0 Å². The molecule has 1 saturated heterocycles. The Bertz CT molecular complexity index is 664. The van der Waals surface area contributed by atoms with Gasteiger partial charge in [-0.1, -0.05) is 12.1 Å². The second kappa shape index (κ2) is 9.89. The Morgan fingerprint density at radius 3 is 2.54 bits per heavy atom. The summed E-state index contributed by atoms with van der Waals surface area (Å²) >= 11 is 0. The van der Waals surface area contributed by atoms with E-state index < -0.39 is 0 Å². The lowest BCUT2D eigenvalue weighted by atomic mass is 10.1. The summed E-state index contributed by atoms with van der Waals surface area (Å²) in [4.78, 5) is 29.0. The van der Waals surface area contributed by atoms with Crippen LogP contribution in [0.3, 0.4) is 0 Å². The highest BCUT2D eigenvalue weighted by molar-refractivity contribution is 5.78. The van der Waals surface area contributed by atoms with Gasteiger partial charge in [-0.05, 0) is 32.9 Å². The molecule has 156 valence electrons. The van der Waals surface area contributed by atoms with E-state index in [0.717, 1.165) is 35.8 Å². The average molecular weight is 393 g/mol. The molecule has 0 radical (unpaired) electrons. The Balaban J connectivity index is 1.74. The number of hydrogen-bond donors (Lipinski definition) is 3. The summed E-state index contributed by atoms with van der Waals surface area (Å²) < 4.78 is 5.26. The molecule has 2 amide bonds. The normalized spacial score (nSPS) is 16.5. The number of nitrogens with one attached hydrogen (secondary N) is 3. The molecule has 1 aromatic rings. The number of hydrogen-bond acceptors (Lipinski definition) is 3. The maximum Gasteiger partial charge on any atom is 0.278 e. The largest absolute Gasteiger partial charge is 0.497 e. The van der Waals surface area contributed by atoms with Crippen molar-refractivity contribution >= 4 is 11.8 Å². The van der Waals surface area contributed by atoms with E-state index in [2.05, 4.69) is 11.4 Å². The molecule has 0 aromatic heterocycles. The molecule has 1 aliphatic heterocycles. The summed E-state index contributed by atoms with van der Waals surface area (Å²) in [6.07, 6.45) is 0. The number of benzene rings is 1. The molecule has 1 aromatic carbocycles. The highest BCUT2D eigenvalue weighted by Gasteiger charge is 2.27. The predicted molar refractivity (Wildman–Crippen MR) is 108 cm³/mol. The third-order valence-corrected chi connectivity index (χ3v) is 4.84. The highest BCUT2D eigenvalue weighted by atomic mass is 16.5. The van der Waals surface area contributed by atoms with E-state index >= 15 is 0 Å². The lowest BCUT2D eigenvalue weighted by molar-refractivity contribution is -0.897. The van der Waals surface area contributed by atoms with Crippen molar-refractivity contribution in [2.75, 3.05) is 53.4 Å². The van der Waals surface area contributed by atoms with Crippen molar-refractivity contribution in [2.45, 2.75) is 32.9 Å². The lowest BCUT2D eigenvalue weighted by Crippen LogP contribution is -3.16. The van der Waals surface area contributed by atoms with Crippen molar-refractivity contribution in [2.24, 2.45) is 0 Å². The van der Waals surface area contributed by atoms with Crippen LogP contribution in [0, 0.1) is 0 Å². The predicted octanol–water partition coefficient (Wildman–Crippen LogP) is -1.65. The molecule has 28 heavy (non-hydrogen) atoms. The molecule has 0 saturated carbocycles. The van der Waals surface area contributed by atoms with Crippen LogP contribution >= 0.6 is 0 Å². The molecule has 0 bridgehead atoms. The van der Waals surface area contributed by atoms with Crippen LogP contribution in [0.15, 0.2) is 24.3 Å². The van der Waals surface area contributed by atoms with Crippen molar-refractivity contribution in [3.8, 4) is 5.75 Å². The van der Waals surface area contributed by atoms with Crippen LogP contribution in [0.5, 0.6) is 5.75 Å². The van der Waals surface area contributed by atoms with Gasteiger partial charge in [0, 0.05) is 11.1 Å². The quantitative estimate of drug-likeness (QED) is 0.521. The van der Waals surface area contributed by atoms with Gasteiger partial charge in [-0.3, -0.25) is 9.59 Å².